The van der Waals surface area contributed by atoms with E-state index in [0.717, 1.165) is 35.5 Å². The minimum absolute atomic E-state index is 0.195. The van der Waals surface area contributed by atoms with Crippen molar-refractivity contribution in [2.24, 2.45) is 0 Å². The van der Waals surface area contributed by atoms with E-state index in [1.807, 2.05) is 42.7 Å². The Kier molecular flexibility index (Phi) is 6.66. The van der Waals surface area contributed by atoms with Crippen LogP contribution in [0, 0.1) is 6.92 Å². The maximum Gasteiger partial charge on any atom is 0.267 e. The summed E-state index contributed by atoms with van der Waals surface area (Å²) in [5.41, 5.74) is 2.84. The summed E-state index contributed by atoms with van der Waals surface area (Å²) in [5.74, 6) is -0.294. The summed E-state index contributed by atoms with van der Waals surface area (Å²) >= 11 is 2.92. The first-order valence-corrected chi connectivity index (χ1v) is 13.6. The van der Waals surface area contributed by atoms with Gasteiger partial charge in [-0.15, -0.1) is 11.3 Å². The number of anilines is 2. The Morgan fingerprint density at radius 1 is 1.16 bits per heavy atom. The third kappa shape index (κ3) is 4.59. The Balaban J connectivity index is 1.65. The highest BCUT2D eigenvalue weighted by Gasteiger charge is 2.27. The van der Waals surface area contributed by atoms with Crippen molar-refractivity contribution < 1.29 is 13.2 Å². The van der Waals surface area contributed by atoms with Crippen LogP contribution in [0.3, 0.4) is 0 Å². The lowest BCUT2D eigenvalue weighted by molar-refractivity contribution is 0.103. The average Bonchev–Trinajstić information content (AvgIpc) is 3.44. The summed E-state index contributed by atoms with van der Waals surface area (Å²) in [7, 11) is 0.109. The van der Waals surface area contributed by atoms with Gasteiger partial charge in [-0.3, -0.25) is 4.79 Å². The van der Waals surface area contributed by atoms with Crippen molar-refractivity contribution in [3.8, 4) is 10.6 Å². The van der Waals surface area contributed by atoms with Crippen LogP contribution < -0.4 is 10.2 Å². The molecular weight excluding hydrogens is 464 g/mol. The van der Waals surface area contributed by atoms with Gasteiger partial charge in [0.25, 0.3) is 5.91 Å². The molecule has 1 N–H and O–H groups in total. The number of benzene rings is 1. The summed E-state index contributed by atoms with van der Waals surface area (Å²) in [6.07, 6.45) is 2.79. The molecule has 0 radical (unpaired) electrons. The predicted molar refractivity (Wildman–Crippen MR) is 131 cm³/mol. The van der Waals surface area contributed by atoms with Crippen LogP contribution in [0.2, 0.25) is 0 Å². The van der Waals surface area contributed by atoms with Crippen LogP contribution in [0.15, 0.2) is 39.9 Å². The molecule has 10 heteroatoms. The lowest BCUT2D eigenvalue weighted by atomic mass is 10.2. The van der Waals surface area contributed by atoms with Crippen LogP contribution in [0.25, 0.3) is 10.6 Å². The SMILES string of the molecule is Cc1nc(-c2ccsc2)sc1C(=O)Nc1cc(S(=O)(=O)N2CCCCC2)ccc1N(C)C. The molecule has 1 fully saturated rings. The van der Waals surface area contributed by atoms with Gasteiger partial charge in [0.2, 0.25) is 10.0 Å². The molecule has 1 saturated heterocycles. The number of carbonyl (C=O) groups excluding carboxylic acids is 1. The highest BCUT2D eigenvalue weighted by atomic mass is 32.2. The number of carbonyl (C=O) groups is 1. The molecule has 3 heterocycles. The van der Waals surface area contributed by atoms with Gasteiger partial charge in [0, 0.05) is 38.1 Å². The molecule has 1 aliphatic rings. The molecule has 32 heavy (non-hydrogen) atoms. The Hall–Kier alpha value is -2.27. The number of aryl methyl sites for hydroxylation is 1. The molecule has 0 bridgehead atoms. The van der Waals surface area contributed by atoms with Crippen LogP contribution in [0.4, 0.5) is 11.4 Å². The van der Waals surface area contributed by atoms with Crippen molar-refractivity contribution in [3.05, 3.63) is 45.6 Å². The van der Waals surface area contributed by atoms with E-state index >= 15 is 0 Å². The normalized spacial score (nSPS) is 15.0. The molecule has 4 rings (SSSR count). The fraction of sp³-hybridized carbons (Fsp3) is 0.364. The van der Waals surface area contributed by atoms with Crippen molar-refractivity contribution in [3.63, 3.8) is 0 Å². The topological polar surface area (TPSA) is 82.6 Å². The van der Waals surface area contributed by atoms with Gasteiger partial charge >= 0.3 is 0 Å². The Morgan fingerprint density at radius 3 is 2.56 bits per heavy atom. The highest BCUT2D eigenvalue weighted by molar-refractivity contribution is 7.89. The number of sulfonamides is 1. The largest absolute Gasteiger partial charge is 0.376 e. The number of amides is 1. The van der Waals surface area contributed by atoms with Gasteiger partial charge in [-0.25, -0.2) is 13.4 Å². The molecular formula is C22H26N4O3S3. The fourth-order valence-corrected chi connectivity index (χ4v) is 6.93. The number of hydrogen-bond acceptors (Lipinski definition) is 7. The van der Waals surface area contributed by atoms with Gasteiger partial charge in [0.05, 0.1) is 22.0 Å². The molecule has 0 spiro atoms. The summed E-state index contributed by atoms with van der Waals surface area (Å²) < 4.78 is 27.9. The van der Waals surface area contributed by atoms with E-state index in [1.165, 1.54) is 15.6 Å². The second-order valence-electron chi connectivity index (χ2n) is 7.94. The molecule has 1 aliphatic heterocycles. The first-order valence-electron chi connectivity index (χ1n) is 10.4. The molecule has 170 valence electrons. The van der Waals surface area contributed by atoms with Gasteiger partial charge in [-0.1, -0.05) is 6.42 Å². The van der Waals surface area contributed by atoms with E-state index in [9.17, 15) is 13.2 Å². The lowest BCUT2D eigenvalue weighted by Gasteiger charge is -2.26. The third-order valence-electron chi connectivity index (χ3n) is 5.42. The van der Waals surface area contributed by atoms with Crippen LogP contribution in [-0.2, 0) is 10.0 Å². The van der Waals surface area contributed by atoms with Crippen LogP contribution in [0.1, 0.15) is 34.6 Å². The number of nitrogens with one attached hydrogen (secondary N) is 1. The average molecular weight is 491 g/mol. The number of nitrogens with zero attached hydrogens (tertiary/aromatic N) is 3. The molecule has 0 atom stereocenters. The van der Waals surface area contributed by atoms with Gasteiger partial charge in [-0.05, 0) is 49.4 Å². The van der Waals surface area contributed by atoms with Gasteiger partial charge in [-0.2, -0.15) is 15.6 Å². The zero-order valence-electron chi connectivity index (χ0n) is 18.3. The summed E-state index contributed by atoms with van der Waals surface area (Å²) in [5, 5.41) is 7.70. The minimum atomic E-state index is -3.61. The lowest BCUT2D eigenvalue weighted by Crippen LogP contribution is -2.35. The third-order valence-corrected chi connectivity index (χ3v) is 9.20. The van der Waals surface area contributed by atoms with Crippen molar-refractivity contribution in [2.75, 3.05) is 37.4 Å². The quantitative estimate of drug-likeness (QED) is 0.543. The maximum atomic E-state index is 13.2. The van der Waals surface area contributed by atoms with E-state index < -0.39 is 10.0 Å². The van der Waals surface area contributed by atoms with E-state index in [4.69, 9.17) is 0 Å². The number of piperidine rings is 1. The molecule has 0 unspecified atom stereocenters. The first kappa shape index (κ1) is 22.9. The Morgan fingerprint density at radius 2 is 1.91 bits per heavy atom. The van der Waals surface area contributed by atoms with Crippen molar-refractivity contribution >= 4 is 50.0 Å². The van der Waals surface area contributed by atoms with Crippen molar-refractivity contribution in [1.29, 1.82) is 0 Å². The number of aromatic nitrogens is 1. The molecule has 1 aromatic carbocycles. The fourth-order valence-electron chi connectivity index (χ4n) is 3.72. The molecule has 2 aromatic heterocycles. The maximum absolute atomic E-state index is 13.2. The number of hydrogen-bond donors (Lipinski definition) is 1. The van der Waals surface area contributed by atoms with E-state index in [0.29, 0.717) is 29.3 Å². The second kappa shape index (κ2) is 9.30. The molecule has 1 amide bonds. The number of thiophene rings is 1. The number of rotatable bonds is 6. The van der Waals surface area contributed by atoms with Crippen LogP contribution >= 0.6 is 22.7 Å². The number of thiazole rings is 1. The van der Waals surface area contributed by atoms with Crippen molar-refractivity contribution in [2.45, 2.75) is 31.1 Å². The first-order chi connectivity index (χ1) is 15.3. The molecule has 7 nitrogen and oxygen atoms in total. The van der Waals surface area contributed by atoms with Crippen LogP contribution in [0.5, 0.6) is 0 Å². The predicted octanol–water partition coefficient (Wildman–Crippen LogP) is 4.67. The van der Waals surface area contributed by atoms with E-state index in [-0.39, 0.29) is 10.8 Å². The summed E-state index contributed by atoms with van der Waals surface area (Å²) in [4.78, 5) is 20.2. The minimum Gasteiger partial charge on any atom is -0.376 e. The van der Waals surface area contributed by atoms with E-state index in [2.05, 4.69) is 10.3 Å². The van der Waals surface area contributed by atoms with Gasteiger partial charge < -0.3 is 10.2 Å². The smallest absolute Gasteiger partial charge is 0.267 e. The molecule has 3 aromatic rings. The monoisotopic (exact) mass is 490 g/mol. The Labute approximate surface area is 196 Å². The zero-order valence-corrected chi connectivity index (χ0v) is 20.7. The standard InChI is InChI=1S/C22H26N4O3S3/c1-15-20(31-22(23-15)16-9-12-30-14-16)21(27)24-18-13-17(7-8-19(18)25(2)3)32(28,29)26-10-5-4-6-11-26/h7-9,12-14H,4-6,10-11H2,1-3H3,(H,24,27). The molecule has 0 saturated carbocycles. The van der Waals surface area contributed by atoms with Gasteiger partial charge in [0.1, 0.15) is 9.88 Å². The molecule has 0 aliphatic carbocycles. The van der Waals surface area contributed by atoms with E-state index in [1.54, 1.807) is 29.5 Å². The second-order valence-corrected chi connectivity index (χ2v) is 11.7. The van der Waals surface area contributed by atoms with Crippen molar-refractivity contribution in [1.82, 2.24) is 9.29 Å². The Bertz CT molecular complexity index is 1210. The van der Waals surface area contributed by atoms with Gasteiger partial charge in [0.15, 0.2) is 0 Å². The highest BCUT2D eigenvalue weighted by Crippen LogP contribution is 2.33. The summed E-state index contributed by atoms with van der Waals surface area (Å²) in [6.45, 7) is 2.88. The summed E-state index contributed by atoms with van der Waals surface area (Å²) in [6, 6.07) is 6.89. The van der Waals surface area contributed by atoms with Crippen LogP contribution in [-0.4, -0.2) is 50.8 Å². The zero-order chi connectivity index (χ0) is 22.9.